The molecule has 2 atom stereocenters. The van der Waals surface area contributed by atoms with Crippen molar-refractivity contribution in [2.75, 3.05) is 25.0 Å². The second-order valence-corrected chi connectivity index (χ2v) is 11.5. The van der Waals surface area contributed by atoms with Gasteiger partial charge in [0, 0.05) is 36.0 Å². The third-order valence-electron chi connectivity index (χ3n) is 5.62. The van der Waals surface area contributed by atoms with Gasteiger partial charge < -0.3 is 14.8 Å². The molecule has 2 aromatic rings. The summed E-state index contributed by atoms with van der Waals surface area (Å²) in [6.45, 7) is 6.87. The van der Waals surface area contributed by atoms with Gasteiger partial charge in [0.15, 0.2) is 0 Å². The normalized spacial score (nSPS) is 21.4. The minimum atomic E-state index is -3.58. The Balaban J connectivity index is 1.51. The molecule has 0 unspecified atom stereocenters. The van der Waals surface area contributed by atoms with E-state index in [9.17, 15) is 13.2 Å². The number of fused-ring (bicyclic) bond motifs is 1. The van der Waals surface area contributed by atoms with Crippen molar-refractivity contribution in [2.45, 2.75) is 50.3 Å². The van der Waals surface area contributed by atoms with Crippen LogP contribution < -0.4 is 14.8 Å². The van der Waals surface area contributed by atoms with Gasteiger partial charge >= 0.3 is 0 Å². The number of thiophene rings is 1. The van der Waals surface area contributed by atoms with E-state index in [1.54, 1.807) is 12.1 Å². The van der Waals surface area contributed by atoms with Gasteiger partial charge in [0.1, 0.15) is 21.8 Å². The Morgan fingerprint density at radius 3 is 2.87 bits per heavy atom. The van der Waals surface area contributed by atoms with Crippen molar-refractivity contribution in [3.63, 3.8) is 0 Å². The van der Waals surface area contributed by atoms with Gasteiger partial charge in [0.2, 0.25) is 5.91 Å². The van der Waals surface area contributed by atoms with Crippen molar-refractivity contribution in [1.29, 1.82) is 0 Å². The molecular formula is C22H28N2O5S2. The van der Waals surface area contributed by atoms with E-state index in [2.05, 4.69) is 5.32 Å². The van der Waals surface area contributed by atoms with E-state index in [1.165, 1.54) is 15.6 Å². The predicted molar refractivity (Wildman–Crippen MR) is 121 cm³/mol. The van der Waals surface area contributed by atoms with Crippen LogP contribution in [0.3, 0.4) is 0 Å². The van der Waals surface area contributed by atoms with E-state index in [4.69, 9.17) is 9.47 Å². The van der Waals surface area contributed by atoms with Gasteiger partial charge in [-0.2, -0.15) is 4.31 Å². The number of ether oxygens (including phenoxy) is 2. The van der Waals surface area contributed by atoms with E-state index in [0.29, 0.717) is 41.6 Å². The van der Waals surface area contributed by atoms with Gasteiger partial charge in [-0.05, 0) is 51.8 Å². The van der Waals surface area contributed by atoms with Gasteiger partial charge in [-0.15, -0.1) is 11.3 Å². The number of sulfonamides is 1. The van der Waals surface area contributed by atoms with E-state index in [0.717, 1.165) is 22.6 Å². The molecule has 1 aromatic heterocycles. The summed E-state index contributed by atoms with van der Waals surface area (Å²) >= 11 is 1.26. The molecule has 0 aliphatic carbocycles. The lowest BCUT2D eigenvalue weighted by atomic mass is 9.98. The molecule has 9 heteroatoms. The zero-order valence-electron chi connectivity index (χ0n) is 18.0. The number of hydrogen-bond acceptors (Lipinski definition) is 6. The quantitative estimate of drug-likeness (QED) is 0.703. The summed E-state index contributed by atoms with van der Waals surface area (Å²) in [5, 5.41) is 2.96. The molecule has 0 saturated carbocycles. The van der Waals surface area contributed by atoms with Gasteiger partial charge in [0.05, 0.1) is 18.2 Å². The molecule has 0 bridgehead atoms. The number of benzene rings is 1. The maximum absolute atomic E-state index is 13.1. The average molecular weight is 465 g/mol. The van der Waals surface area contributed by atoms with E-state index >= 15 is 0 Å². The highest BCUT2D eigenvalue weighted by molar-refractivity contribution is 7.91. The molecule has 1 fully saturated rings. The van der Waals surface area contributed by atoms with Crippen molar-refractivity contribution in [2.24, 2.45) is 5.92 Å². The maximum atomic E-state index is 13.1. The van der Waals surface area contributed by atoms with Crippen molar-refractivity contribution in [3.05, 3.63) is 34.7 Å². The topological polar surface area (TPSA) is 84.9 Å². The SMILES string of the molecule is CCOc1cc2c(cc1NC(=O)[C@@H]1CCCN(S(=O)(=O)c3ccc(C)s3)C1)O[C@H](C)C2. The van der Waals surface area contributed by atoms with Crippen LogP contribution in [-0.4, -0.2) is 44.4 Å². The van der Waals surface area contributed by atoms with Crippen LogP contribution >= 0.6 is 11.3 Å². The summed E-state index contributed by atoms with van der Waals surface area (Å²) < 4.78 is 39.3. The van der Waals surface area contributed by atoms with Gasteiger partial charge in [0.25, 0.3) is 10.0 Å². The zero-order chi connectivity index (χ0) is 22.2. The van der Waals surface area contributed by atoms with E-state index in [-0.39, 0.29) is 18.6 Å². The Kier molecular flexibility index (Phi) is 6.27. The number of carbonyl (C=O) groups excluding carboxylic acids is 1. The van der Waals surface area contributed by atoms with Crippen molar-refractivity contribution in [3.8, 4) is 11.5 Å². The second-order valence-electron chi connectivity index (χ2n) is 8.08. The molecule has 2 aliphatic heterocycles. The third-order valence-corrected chi connectivity index (χ3v) is 8.95. The summed E-state index contributed by atoms with van der Waals surface area (Å²) in [4.78, 5) is 14.0. The van der Waals surface area contributed by atoms with Gasteiger partial charge in [-0.25, -0.2) is 8.42 Å². The Morgan fingerprint density at radius 1 is 1.35 bits per heavy atom. The molecule has 1 saturated heterocycles. The lowest BCUT2D eigenvalue weighted by Crippen LogP contribution is -2.43. The smallest absolute Gasteiger partial charge is 0.252 e. The number of amides is 1. The van der Waals surface area contributed by atoms with Crippen molar-refractivity contribution >= 4 is 33.0 Å². The van der Waals surface area contributed by atoms with Crippen LogP contribution in [0, 0.1) is 12.8 Å². The molecule has 1 N–H and O–H groups in total. The molecule has 168 valence electrons. The summed E-state index contributed by atoms with van der Waals surface area (Å²) in [5.41, 5.74) is 1.63. The first-order valence-corrected chi connectivity index (χ1v) is 12.9. The number of piperidine rings is 1. The molecule has 2 aliphatic rings. The Bertz CT molecular complexity index is 1080. The zero-order valence-corrected chi connectivity index (χ0v) is 19.6. The predicted octanol–water partition coefficient (Wildman–Crippen LogP) is 3.82. The molecular weight excluding hydrogens is 436 g/mol. The van der Waals surface area contributed by atoms with Crippen LogP contribution in [0.5, 0.6) is 11.5 Å². The Morgan fingerprint density at radius 2 is 2.16 bits per heavy atom. The fraction of sp³-hybridized carbons (Fsp3) is 0.500. The molecule has 7 nitrogen and oxygen atoms in total. The fourth-order valence-electron chi connectivity index (χ4n) is 4.10. The van der Waals surface area contributed by atoms with Crippen LogP contribution in [0.15, 0.2) is 28.5 Å². The monoisotopic (exact) mass is 464 g/mol. The standard InChI is InChI=1S/C22H28N2O5S2/c1-4-28-20-11-17-10-14(2)29-19(17)12-18(20)23-22(25)16-6-5-9-24(13-16)31(26,27)21-8-7-15(3)30-21/h7-8,11-12,14,16H,4-6,9-10,13H2,1-3H3,(H,23,25)/t14-,16-/m1/s1. The minimum absolute atomic E-state index is 0.0911. The number of aryl methyl sites for hydroxylation is 1. The molecule has 0 spiro atoms. The molecule has 1 aromatic carbocycles. The Labute approximate surface area is 187 Å². The van der Waals surface area contributed by atoms with Crippen molar-refractivity contribution in [1.82, 2.24) is 4.31 Å². The fourth-order valence-corrected chi connectivity index (χ4v) is 7.06. The van der Waals surface area contributed by atoms with Crippen LogP contribution in [-0.2, 0) is 21.2 Å². The van der Waals surface area contributed by atoms with E-state index < -0.39 is 15.9 Å². The van der Waals surface area contributed by atoms with Crippen LogP contribution in [0.25, 0.3) is 0 Å². The summed E-state index contributed by atoms with van der Waals surface area (Å²) in [5.74, 6) is 0.746. The van der Waals surface area contributed by atoms with Crippen molar-refractivity contribution < 1.29 is 22.7 Å². The molecule has 1 amide bonds. The highest BCUT2D eigenvalue weighted by atomic mass is 32.2. The first kappa shape index (κ1) is 22.1. The molecule has 4 rings (SSSR count). The highest BCUT2D eigenvalue weighted by Gasteiger charge is 2.34. The van der Waals surface area contributed by atoms with Gasteiger partial charge in [-0.1, -0.05) is 0 Å². The van der Waals surface area contributed by atoms with Gasteiger partial charge in [-0.3, -0.25) is 4.79 Å². The summed E-state index contributed by atoms with van der Waals surface area (Å²) in [7, 11) is -3.58. The first-order chi connectivity index (χ1) is 14.8. The van der Waals surface area contributed by atoms with Crippen LogP contribution in [0.4, 0.5) is 5.69 Å². The number of nitrogens with zero attached hydrogens (tertiary/aromatic N) is 1. The number of nitrogens with one attached hydrogen (secondary N) is 1. The summed E-state index contributed by atoms with van der Waals surface area (Å²) in [6.07, 6.45) is 2.18. The first-order valence-electron chi connectivity index (χ1n) is 10.6. The maximum Gasteiger partial charge on any atom is 0.252 e. The van der Waals surface area contributed by atoms with Crippen LogP contribution in [0.1, 0.15) is 37.1 Å². The Hall–Kier alpha value is -2.10. The minimum Gasteiger partial charge on any atom is -0.492 e. The number of rotatable bonds is 6. The lowest BCUT2D eigenvalue weighted by molar-refractivity contribution is -0.120. The van der Waals surface area contributed by atoms with E-state index in [1.807, 2.05) is 32.9 Å². The largest absolute Gasteiger partial charge is 0.492 e. The third kappa shape index (κ3) is 4.58. The lowest BCUT2D eigenvalue weighted by Gasteiger charge is -2.31. The second kappa shape index (κ2) is 8.80. The number of hydrogen-bond donors (Lipinski definition) is 1. The highest BCUT2D eigenvalue weighted by Crippen LogP contribution is 2.38. The molecule has 0 radical (unpaired) electrons. The number of carbonyl (C=O) groups is 1. The average Bonchev–Trinajstić information content (AvgIpc) is 3.33. The summed E-state index contributed by atoms with van der Waals surface area (Å²) in [6, 6.07) is 7.18. The molecule has 3 heterocycles. The number of anilines is 1. The molecule has 31 heavy (non-hydrogen) atoms. The van der Waals surface area contributed by atoms with Crippen LogP contribution in [0.2, 0.25) is 0 Å².